The van der Waals surface area contributed by atoms with Gasteiger partial charge in [-0.1, -0.05) is 48.0 Å². The first-order chi connectivity index (χ1) is 13.1. The number of carbonyl (C=O) groups excluding carboxylic acids is 2. The lowest BCUT2D eigenvalue weighted by atomic mass is 10.1. The van der Waals surface area contributed by atoms with Gasteiger partial charge in [-0.05, 0) is 30.2 Å². The number of nitrogens with one attached hydrogen (secondary N) is 1. The molecule has 142 valence electrons. The van der Waals surface area contributed by atoms with Gasteiger partial charge < -0.3 is 15.1 Å². The van der Waals surface area contributed by atoms with Crippen LogP contribution in [-0.2, 0) is 16.0 Å². The fourth-order valence-corrected chi connectivity index (χ4v) is 3.37. The molecule has 1 N–H and O–H groups in total. The maximum Gasteiger partial charge on any atom is 0.232 e. The minimum Gasteiger partial charge on any atom is -0.368 e. The largest absolute Gasteiger partial charge is 0.368 e. The molecule has 0 unspecified atom stereocenters. The summed E-state index contributed by atoms with van der Waals surface area (Å²) in [5, 5.41) is 3.54. The van der Waals surface area contributed by atoms with Gasteiger partial charge in [0.05, 0.1) is 0 Å². The van der Waals surface area contributed by atoms with Crippen LogP contribution in [0.3, 0.4) is 0 Å². The van der Waals surface area contributed by atoms with Gasteiger partial charge in [0.25, 0.3) is 0 Å². The van der Waals surface area contributed by atoms with E-state index in [4.69, 9.17) is 11.6 Å². The van der Waals surface area contributed by atoms with Crippen molar-refractivity contribution in [2.75, 3.05) is 37.6 Å². The van der Waals surface area contributed by atoms with Crippen LogP contribution in [0.1, 0.15) is 12.0 Å². The average molecular weight is 386 g/mol. The van der Waals surface area contributed by atoms with E-state index in [1.807, 2.05) is 54.6 Å². The minimum absolute atomic E-state index is 0.0913. The lowest BCUT2D eigenvalue weighted by molar-refractivity contribution is -0.136. The number of nitrogens with zero attached hydrogens (tertiary/aromatic N) is 2. The van der Waals surface area contributed by atoms with Gasteiger partial charge in [0.15, 0.2) is 0 Å². The molecule has 0 saturated carbocycles. The number of hydrogen-bond donors (Lipinski definition) is 1. The van der Waals surface area contributed by atoms with Crippen molar-refractivity contribution in [2.45, 2.75) is 12.8 Å². The van der Waals surface area contributed by atoms with Crippen molar-refractivity contribution < 1.29 is 9.59 Å². The Hall–Kier alpha value is -2.53. The summed E-state index contributed by atoms with van der Waals surface area (Å²) in [7, 11) is 0. The van der Waals surface area contributed by atoms with Crippen LogP contribution in [0, 0.1) is 0 Å². The van der Waals surface area contributed by atoms with E-state index in [0.717, 1.165) is 25.2 Å². The van der Waals surface area contributed by atoms with Crippen LogP contribution >= 0.6 is 11.6 Å². The third-order valence-corrected chi connectivity index (χ3v) is 4.93. The molecule has 0 aliphatic carbocycles. The molecular formula is C21H24ClN3O2. The average Bonchev–Trinajstić information content (AvgIpc) is 2.69. The number of piperazine rings is 1. The molecule has 0 bridgehead atoms. The van der Waals surface area contributed by atoms with E-state index < -0.39 is 0 Å². The van der Waals surface area contributed by atoms with Crippen molar-refractivity contribution in [3.63, 3.8) is 0 Å². The molecule has 1 aliphatic rings. The maximum atomic E-state index is 12.4. The molecule has 3 rings (SSSR count). The molecule has 1 aliphatic heterocycles. The van der Waals surface area contributed by atoms with Crippen molar-refractivity contribution in [2.24, 2.45) is 0 Å². The van der Waals surface area contributed by atoms with E-state index in [-0.39, 0.29) is 18.2 Å². The first-order valence-corrected chi connectivity index (χ1v) is 9.58. The quantitative estimate of drug-likeness (QED) is 0.778. The van der Waals surface area contributed by atoms with Crippen LogP contribution in [0.5, 0.6) is 0 Å². The molecule has 5 nitrogen and oxygen atoms in total. The molecule has 1 heterocycles. The van der Waals surface area contributed by atoms with Crippen molar-refractivity contribution in [3.8, 4) is 0 Å². The molecule has 2 aromatic rings. The summed E-state index contributed by atoms with van der Waals surface area (Å²) in [5.74, 6) is -0.328. The fourth-order valence-electron chi connectivity index (χ4n) is 3.19. The number of carbonyl (C=O) groups is 2. The van der Waals surface area contributed by atoms with Crippen LogP contribution in [0.15, 0.2) is 54.6 Å². The normalized spacial score (nSPS) is 14.1. The van der Waals surface area contributed by atoms with E-state index in [9.17, 15) is 9.59 Å². The molecule has 27 heavy (non-hydrogen) atoms. The van der Waals surface area contributed by atoms with Crippen molar-refractivity contribution >= 4 is 29.1 Å². The Bertz CT molecular complexity index is 774. The van der Waals surface area contributed by atoms with E-state index in [2.05, 4.69) is 10.2 Å². The van der Waals surface area contributed by atoms with Crippen molar-refractivity contribution in [3.05, 3.63) is 65.2 Å². The van der Waals surface area contributed by atoms with Gasteiger partial charge in [-0.25, -0.2) is 0 Å². The highest BCUT2D eigenvalue weighted by Crippen LogP contribution is 2.20. The van der Waals surface area contributed by atoms with Crippen LogP contribution in [-0.4, -0.2) is 49.4 Å². The molecule has 0 atom stereocenters. The second-order valence-electron chi connectivity index (χ2n) is 6.61. The van der Waals surface area contributed by atoms with Gasteiger partial charge in [-0.3, -0.25) is 9.59 Å². The molecule has 2 aromatic carbocycles. The summed E-state index contributed by atoms with van der Waals surface area (Å²) < 4.78 is 0. The predicted molar refractivity (Wildman–Crippen MR) is 108 cm³/mol. The monoisotopic (exact) mass is 385 g/mol. The highest BCUT2D eigenvalue weighted by atomic mass is 35.5. The van der Waals surface area contributed by atoms with Crippen molar-refractivity contribution in [1.29, 1.82) is 0 Å². The number of halogens is 1. The topological polar surface area (TPSA) is 52.7 Å². The zero-order valence-corrected chi connectivity index (χ0v) is 16.0. The SMILES string of the molecule is O=C(CC(=O)N1CCN(c2cccc(Cl)c2)CC1)NCCc1ccccc1. The lowest BCUT2D eigenvalue weighted by Crippen LogP contribution is -2.49. The number of hydrogen-bond acceptors (Lipinski definition) is 3. The van der Waals surface area contributed by atoms with Gasteiger partial charge >= 0.3 is 0 Å². The Labute approximate surface area is 164 Å². The summed E-state index contributed by atoms with van der Waals surface area (Å²) in [6, 6.07) is 17.7. The molecule has 1 fully saturated rings. The van der Waals surface area contributed by atoms with E-state index >= 15 is 0 Å². The summed E-state index contributed by atoms with van der Waals surface area (Å²) in [6.45, 7) is 3.24. The Morgan fingerprint density at radius 3 is 2.41 bits per heavy atom. The minimum atomic E-state index is -0.215. The predicted octanol–water partition coefficient (Wildman–Crippen LogP) is 2.74. The van der Waals surface area contributed by atoms with Gasteiger partial charge in [-0.15, -0.1) is 0 Å². The van der Waals surface area contributed by atoms with Gasteiger partial charge in [0, 0.05) is 43.4 Å². The zero-order valence-electron chi connectivity index (χ0n) is 15.2. The van der Waals surface area contributed by atoms with Crippen LogP contribution in [0.25, 0.3) is 0 Å². The Balaban J connectivity index is 1.39. The highest BCUT2D eigenvalue weighted by Gasteiger charge is 2.22. The van der Waals surface area contributed by atoms with E-state index in [1.165, 1.54) is 5.56 Å². The summed E-state index contributed by atoms with van der Waals surface area (Å²) in [5.41, 5.74) is 2.23. The standard InChI is InChI=1S/C21H24ClN3O2/c22-18-7-4-8-19(15-18)24-11-13-25(14-12-24)21(27)16-20(26)23-10-9-17-5-2-1-3-6-17/h1-8,15H,9-14,16H2,(H,23,26). The smallest absolute Gasteiger partial charge is 0.232 e. The van der Waals surface area contributed by atoms with E-state index in [0.29, 0.717) is 24.7 Å². The van der Waals surface area contributed by atoms with Gasteiger partial charge in [0.2, 0.25) is 11.8 Å². The van der Waals surface area contributed by atoms with Crippen LogP contribution in [0.4, 0.5) is 5.69 Å². The molecule has 0 radical (unpaired) electrons. The third-order valence-electron chi connectivity index (χ3n) is 4.70. The lowest BCUT2D eigenvalue weighted by Gasteiger charge is -2.36. The molecular weight excluding hydrogens is 362 g/mol. The number of anilines is 1. The molecule has 6 heteroatoms. The Morgan fingerprint density at radius 2 is 1.70 bits per heavy atom. The molecule has 1 saturated heterocycles. The zero-order chi connectivity index (χ0) is 19.1. The first kappa shape index (κ1) is 19.2. The van der Waals surface area contributed by atoms with Crippen LogP contribution in [0.2, 0.25) is 5.02 Å². The van der Waals surface area contributed by atoms with Crippen molar-refractivity contribution in [1.82, 2.24) is 10.2 Å². The molecule has 2 amide bonds. The molecule has 0 aromatic heterocycles. The summed E-state index contributed by atoms with van der Waals surface area (Å²) in [6.07, 6.45) is 0.672. The highest BCUT2D eigenvalue weighted by molar-refractivity contribution is 6.30. The Kier molecular flexibility index (Phi) is 6.71. The summed E-state index contributed by atoms with van der Waals surface area (Å²) >= 11 is 6.05. The second kappa shape index (κ2) is 9.42. The third kappa shape index (κ3) is 5.73. The molecule has 0 spiro atoms. The second-order valence-corrected chi connectivity index (χ2v) is 7.05. The maximum absolute atomic E-state index is 12.4. The van der Waals surface area contributed by atoms with Gasteiger partial charge in [-0.2, -0.15) is 0 Å². The van der Waals surface area contributed by atoms with Crippen LogP contribution < -0.4 is 10.2 Å². The summed E-state index contributed by atoms with van der Waals surface area (Å²) in [4.78, 5) is 28.4. The van der Waals surface area contributed by atoms with Gasteiger partial charge in [0.1, 0.15) is 6.42 Å². The number of benzene rings is 2. The van der Waals surface area contributed by atoms with E-state index in [1.54, 1.807) is 4.90 Å². The first-order valence-electron chi connectivity index (χ1n) is 9.21. The number of rotatable bonds is 6. The number of amides is 2. The Morgan fingerprint density at radius 1 is 0.963 bits per heavy atom. The fraction of sp³-hybridized carbons (Fsp3) is 0.333.